The minimum Gasteiger partial charge on any atom is -0.337 e. The highest BCUT2D eigenvalue weighted by atomic mass is 32.2. The van der Waals surface area contributed by atoms with Crippen molar-refractivity contribution >= 4 is 33.4 Å². The van der Waals surface area contributed by atoms with E-state index in [1.807, 2.05) is 0 Å². The quantitative estimate of drug-likeness (QED) is 0.573. The van der Waals surface area contributed by atoms with E-state index in [1.54, 1.807) is 17.0 Å². The van der Waals surface area contributed by atoms with E-state index in [-0.39, 0.29) is 30.4 Å². The van der Waals surface area contributed by atoms with Crippen molar-refractivity contribution < 1.29 is 36.0 Å². The molecule has 4 amide bonds. The predicted molar refractivity (Wildman–Crippen MR) is 117 cm³/mol. The summed E-state index contributed by atoms with van der Waals surface area (Å²) < 4.78 is 61.3. The molecule has 2 aliphatic rings. The molecule has 0 spiro atoms. The number of rotatable bonds is 5. The number of urea groups is 1. The number of amides is 4. The van der Waals surface area contributed by atoms with Crippen LogP contribution in [0.15, 0.2) is 47.5 Å². The highest BCUT2D eigenvalue weighted by Gasteiger charge is 2.47. The average Bonchev–Trinajstić information content (AvgIpc) is 3.11. The first-order valence-electron chi connectivity index (χ1n) is 10.8. The summed E-state index contributed by atoms with van der Waals surface area (Å²) >= 11 is 0. The van der Waals surface area contributed by atoms with Crippen LogP contribution in [0.25, 0.3) is 0 Å². The van der Waals surface area contributed by atoms with Gasteiger partial charge in [-0.3, -0.25) is 14.6 Å². The van der Waals surface area contributed by atoms with Crippen molar-refractivity contribution in [3.8, 4) is 0 Å². The van der Waals surface area contributed by atoms with Crippen molar-refractivity contribution in [3.05, 3.63) is 53.9 Å². The third-order valence-electron chi connectivity index (χ3n) is 5.81. The molecule has 2 fully saturated rings. The van der Waals surface area contributed by atoms with Crippen molar-refractivity contribution in [1.29, 1.82) is 0 Å². The van der Waals surface area contributed by atoms with Gasteiger partial charge in [-0.25, -0.2) is 18.1 Å². The molecule has 1 aromatic heterocycles. The summed E-state index contributed by atoms with van der Waals surface area (Å²) in [6.45, 7) is 1.02. The SMILES string of the molecule is O=C(c1cc(CN2CC(=O)N(c3ccc(S(=O)(=O)C(F)(F)F)cc3)C2=O)ccn1)N1CCCCC1. The molecule has 186 valence electrons. The molecule has 0 bridgehead atoms. The molecule has 0 unspecified atom stereocenters. The van der Waals surface area contributed by atoms with Crippen molar-refractivity contribution in [2.75, 3.05) is 24.5 Å². The van der Waals surface area contributed by atoms with Crippen LogP contribution >= 0.6 is 0 Å². The molecule has 9 nitrogen and oxygen atoms in total. The van der Waals surface area contributed by atoms with Crippen molar-refractivity contribution in [2.24, 2.45) is 0 Å². The van der Waals surface area contributed by atoms with Gasteiger partial charge < -0.3 is 9.80 Å². The maximum Gasteiger partial charge on any atom is 0.501 e. The van der Waals surface area contributed by atoms with Crippen LogP contribution in [0, 0.1) is 0 Å². The Morgan fingerprint density at radius 3 is 2.29 bits per heavy atom. The molecule has 0 radical (unpaired) electrons. The summed E-state index contributed by atoms with van der Waals surface area (Å²) in [6.07, 6.45) is 4.37. The van der Waals surface area contributed by atoms with Crippen LogP contribution < -0.4 is 4.90 Å². The fourth-order valence-corrected chi connectivity index (χ4v) is 4.77. The van der Waals surface area contributed by atoms with E-state index in [2.05, 4.69) is 4.98 Å². The first-order valence-corrected chi connectivity index (χ1v) is 12.2. The zero-order valence-electron chi connectivity index (χ0n) is 18.4. The van der Waals surface area contributed by atoms with Gasteiger partial charge in [0.25, 0.3) is 21.7 Å². The molecule has 2 aromatic rings. The zero-order chi connectivity index (χ0) is 25.4. The Morgan fingerprint density at radius 2 is 1.66 bits per heavy atom. The van der Waals surface area contributed by atoms with Gasteiger partial charge in [-0.05, 0) is 61.2 Å². The topological polar surface area (TPSA) is 108 Å². The molecule has 4 rings (SSSR count). The number of carbonyl (C=O) groups is 3. The molecule has 0 atom stereocenters. The van der Waals surface area contributed by atoms with Crippen molar-refractivity contribution in [3.63, 3.8) is 0 Å². The molecule has 3 heterocycles. The van der Waals surface area contributed by atoms with Crippen LogP contribution in [-0.4, -0.2) is 66.2 Å². The molecular formula is C22H21F3N4O5S. The first-order chi connectivity index (χ1) is 16.5. The van der Waals surface area contributed by atoms with E-state index in [1.165, 1.54) is 11.1 Å². The molecule has 2 aliphatic heterocycles. The van der Waals surface area contributed by atoms with Gasteiger partial charge in [0.1, 0.15) is 12.2 Å². The molecule has 13 heteroatoms. The first kappa shape index (κ1) is 24.6. The van der Waals surface area contributed by atoms with Gasteiger partial charge >= 0.3 is 11.5 Å². The van der Waals surface area contributed by atoms with Gasteiger partial charge in [0.2, 0.25) is 0 Å². The monoisotopic (exact) mass is 510 g/mol. The van der Waals surface area contributed by atoms with Crippen LogP contribution in [0.4, 0.5) is 23.7 Å². The molecule has 1 aromatic carbocycles. The third kappa shape index (κ3) is 4.85. The van der Waals surface area contributed by atoms with E-state index in [0.29, 0.717) is 30.8 Å². The zero-order valence-corrected chi connectivity index (χ0v) is 19.2. The van der Waals surface area contributed by atoms with Crippen molar-refractivity contribution in [2.45, 2.75) is 36.2 Å². The lowest BCUT2D eigenvalue weighted by atomic mass is 10.1. The second kappa shape index (κ2) is 9.29. The summed E-state index contributed by atoms with van der Waals surface area (Å²) in [5, 5.41) is 0. The van der Waals surface area contributed by atoms with Crippen LogP contribution in [0.3, 0.4) is 0 Å². The molecule has 0 saturated carbocycles. The largest absolute Gasteiger partial charge is 0.501 e. The number of imide groups is 1. The molecule has 2 saturated heterocycles. The number of hydrogen-bond acceptors (Lipinski definition) is 6. The van der Waals surface area contributed by atoms with Crippen LogP contribution in [0.2, 0.25) is 0 Å². The van der Waals surface area contributed by atoms with Gasteiger partial charge in [0, 0.05) is 25.8 Å². The number of alkyl halides is 3. The number of anilines is 1. The Kier molecular flexibility index (Phi) is 6.54. The lowest BCUT2D eigenvalue weighted by Crippen LogP contribution is -2.36. The number of nitrogens with zero attached hydrogens (tertiary/aromatic N) is 4. The number of likely N-dealkylation sites (tertiary alicyclic amines) is 1. The maximum absolute atomic E-state index is 12.9. The summed E-state index contributed by atoms with van der Waals surface area (Å²) in [5.74, 6) is -0.828. The lowest BCUT2D eigenvalue weighted by Gasteiger charge is -2.26. The van der Waals surface area contributed by atoms with Gasteiger partial charge in [-0.2, -0.15) is 13.2 Å². The Bertz CT molecular complexity index is 1260. The minimum absolute atomic E-state index is 0.00437. The molecule has 0 N–H and O–H groups in total. The fourth-order valence-electron chi connectivity index (χ4n) is 4.00. The second-order valence-electron chi connectivity index (χ2n) is 8.21. The number of aromatic nitrogens is 1. The summed E-state index contributed by atoms with van der Waals surface area (Å²) in [5.41, 5.74) is -4.71. The standard InChI is InChI=1S/C22H21F3N4O5S/c23-22(24,25)35(33,34)17-6-4-16(5-7-17)29-19(30)14-28(21(29)32)13-15-8-9-26-18(12-15)20(31)27-10-2-1-3-11-27/h4-9,12H,1-3,10-11,13-14H2. The van der Waals surface area contributed by atoms with Gasteiger partial charge in [0.05, 0.1) is 10.6 Å². The minimum atomic E-state index is -5.55. The summed E-state index contributed by atoms with van der Waals surface area (Å²) in [6, 6.07) is 5.80. The number of hydrogen-bond donors (Lipinski definition) is 0. The van der Waals surface area contributed by atoms with E-state index in [9.17, 15) is 36.0 Å². The molecule has 35 heavy (non-hydrogen) atoms. The lowest BCUT2D eigenvalue weighted by molar-refractivity contribution is -0.116. The smallest absolute Gasteiger partial charge is 0.337 e. The average molecular weight is 510 g/mol. The number of pyridine rings is 1. The van der Waals surface area contributed by atoms with Gasteiger partial charge in [-0.15, -0.1) is 0 Å². The van der Waals surface area contributed by atoms with Crippen molar-refractivity contribution in [1.82, 2.24) is 14.8 Å². The number of benzene rings is 1. The predicted octanol–water partition coefficient (Wildman–Crippen LogP) is 2.97. The second-order valence-corrected chi connectivity index (χ2v) is 10.2. The Morgan fingerprint density at radius 1 is 1.00 bits per heavy atom. The fraction of sp³-hybridized carbons (Fsp3) is 0.364. The molecular weight excluding hydrogens is 489 g/mol. The Balaban J connectivity index is 1.48. The number of halogens is 3. The number of carbonyl (C=O) groups excluding carboxylic acids is 3. The van der Waals surface area contributed by atoms with E-state index >= 15 is 0 Å². The third-order valence-corrected chi connectivity index (χ3v) is 7.31. The summed E-state index contributed by atoms with van der Waals surface area (Å²) in [7, 11) is -5.55. The highest BCUT2D eigenvalue weighted by molar-refractivity contribution is 7.92. The van der Waals surface area contributed by atoms with Gasteiger partial charge in [-0.1, -0.05) is 0 Å². The van der Waals surface area contributed by atoms with Crippen LogP contribution in [0.1, 0.15) is 35.3 Å². The maximum atomic E-state index is 12.9. The Hall–Kier alpha value is -3.48. The van der Waals surface area contributed by atoms with Crippen LogP contribution in [0.5, 0.6) is 0 Å². The number of sulfone groups is 1. The Labute approximate surface area is 199 Å². The number of piperidine rings is 1. The van der Waals surface area contributed by atoms with Crippen LogP contribution in [-0.2, 0) is 21.2 Å². The highest BCUT2D eigenvalue weighted by Crippen LogP contribution is 2.32. The summed E-state index contributed by atoms with van der Waals surface area (Å²) in [4.78, 5) is 44.9. The van der Waals surface area contributed by atoms with E-state index < -0.39 is 32.2 Å². The van der Waals surface area contributed by atoms with E-state index in [0.717, 1.165) is 36.3 Å². The van der Waals surface area contributed by atoms with E-state index in [4.69, 9.17) is 0 Å². The normalized spacial score (nSPS) is 17.3. The molecule has 0 aliphatic carbocycles. The van der Waals surface area contributed by atoms with Gasteiger partial charge in [0.15, 0.2) is 0 Å².